The summed E-state index contributed by atoms with van der Waals surface area (Å²) < 4.78 is 28.3. The fraction of sp³-hybridized carbons (Fsp3) is 0.500. The molecule has 7 nitrogen and oxygen atoms in total. The Morgan fingerprint density at radius 1 is 1.33 bits per heavy atom. The van der Waals surface area contributed by atoms with Gasteiger partial charge in [0, 0.05) is 25.9 Å². The largest absolute Gasteiger partial charge is 0.495 e. The Kier molecular flexibility index (Phi) is 5.82. The third-order valence-corrected chi connectivity index (χ3v) is 5.76. The third kappa shape index (κ3) is 4.70. The number of nitrogens with one attached hydrogen (secondary N) is 1. The van der Waals surface area contributed by atoms with Crippen molar-refractivity contribution in [3.05, 3.63) is 24.3 Å². The van der Waals surface area contributed by atoms with Crippen LogP contribution in [0, 0.1) is 0 Å². The number of rotatable bonds is 6. The zero-order valence-electron chi connectivity index (χ0n) is 13.8. The molecule has 1 N–H and O–H groups in total. The van der Waals surface area contributed by atoms with E-state index in [1.807, 2.05) is 0 Å². The first-order chi connectivity index (χ1) is 11.3. The number of ether oxygens (including phenoxy) is 1. The number of methoxy groups -OCH3 is 1. The van der Waals surface area contributed by atoms with Crippen LogP contribution in [0.5, 0.6) is 5.75 Å². The van der Waals surface area contributed by atoms with Crippen molar-refractivity contribution in [3.63, 3.8) is 0 Å². The summed E-state index contributed by atoms with van der Waals surface area (Å²) in [6.45, 7) is 1.58. The van der Waals surface area contributed by atoms with Crippen molar-refractivity contribution < 1.29 is 22.7 Å². The van der Waals surface area contributed by atoms with Crippen LogP contribution in [0.3, 0.4) is 0 Å². The first-order valence-corrected chi connectivity index (χ1v) is 9.55. The van der Waals surface area contributed by atoms with E-state index in [-0.39, 0.29) is 42.3 Å². The molecule has 0 radical (unpaired) electrons. The molecule has 2 amide bonds. The molecule has 1 saturated heterocycles. The summed E-state index contributed by atoms with van der Waals surface area (Å²) in [5.41, 5.74) is 0.558. The second-order valence-corrected chi connectivity index (χ2v) is 8.00. The summed E-state index contributed by atoms with van der Waals surface area (Å²) in [7, 11) is -1.56. The molecule has 132 valence electrons. The van der Waals surface area contributed by atoms with Crippen molar-refractivity contribution in [2.24, 2.45) is 0 Å². The Morgan fingerprint density at radius 2 is 2.04 bits per heavy atom. The maximum absolute atomic E-state index is 12.1. The molecule has 0 spiro atoms. The van der Waals surface area contributed by atoms with E-state index >= 15 is 0 Å². The second-order valence-electron chi connectivity index (χ2n) is 5.77. The van der Waals surface area contributed by atoms with E-state index in [2.05, 4.69) is 5.32 Å². The number of anilines is 1. The van der Waals surface area contributed by atoms with E-state index in [9.17, 15) is 18.0 Å². The van der Waals surface area contributed by atoms with Gasteiger partial charge in [0.1, 0.15) is 5.75 Å². The number of amides is 2. The molecule has 1 fully saturated rings. The molecule has 0 aliphatic carbocycles. The van der Waals surface area contributed by atoms with Gasteiger partial charge in [-0.25, -0.2) is 8.42 Å². The minimum Gasteiger partial charge on any atom is -0.495 e. The molecule has 1 atom stereocenters. The van der Waals surface area contributed by atoms with Gasteiger partial charge in [0.15, 0.2) is 9.84 Å². The molecular weight excluding hydrogens is 332 g/mol. The topological polar surface area (TPSA) is 92.8 Å². The lowest BCUT2D eigenvalue weighted by molar-refractivity contribution is -0.131. The first-order valence-electron chi connectivity index (χ1n) is 7.73. The van der Waals surface area contributed by atoms with Gasteiger partial charge in [-0.05, 0) is 18.6 Å². The Bertz CT molecular complexity index is 717. The predicted octanol–water partition coefficient (Wildman–Crippen LogP) is 1.06. The van der Waals surface area contributed by atoms with E-state index < -0.39 is 9.84 Å². The van der Waals surface area contributed by atoms with Crippen molar-refractivity contribution >= 4 is 27.3 Å². The summed E-state index contributed by atoms with van der Waals surface area (Å²) in [5, 5.41) is 2.74. The van der Waals surface area contributed by atoms with E-state index in [0.717, 1.165) is 0 Å². The van der Waals surface area contributed by atoms with Crippen LogP contribution < -0.4 is 10.1 Å². The average Bonchev–Trinajstić information content (AvgIpc) is 2.87. The average molecular weight is 354 g/mol. The summed E-state index contributed by atoms with van der Waals surface area (Å²) >= 11 is 0. The Balaban J connectivity index is 1.94. The second kappa shape index (κ2) is 7.65. The molecule has 1 aliphatic rings. The minimum absolute atomic E-state index is 0.0271. The number of hydrogen-bond acceptors (Lipinski definition) is 5. The number of benzene rings is 1. The molecule has 1 aliphatic heterocycles. The highest BCUT2D eigenvalue weighted by Gasteiger charge is 2.33. The van der Waals surface area contributed by atoms with Crippen LogP contribution in [0.2, 0.25) is 0 Å². The third-order valence-electron chi connectivity index (χ3n) is 4.01. The highest BCUT2D eigenvalue weighted by Crippen LogP contribution is 2.23. The van der Waals surface area contributed by atoms with Crippen molar-refractivity contribution in [2.45, 2.75) is 25.8 Å². The van der Waals surface area contributed by atoms with Gasteiger partial charge in [-0.1, -0.05) is 12.1 Å². The summed E-state index contributed by atoms with van der Waals surface area (Å²) in [6, 6.07) is 6.70. The van der Waals surface area contributed by atoms with Crippen LogP contribution in [0.1, 0.15) is 19.8 Å². The molecule has 1 heterocycles. The smallest absolute Gasteiger partial charge is 0.226 e. The van der Waals surface area contributed by atoms with Crippen molar-refractivity contribution in [3.8, 4) is 5.75 Å². The molecule has 1 unspecified atom stereocenters. The number of carbonyl (C=O) groups excluding carboxylic acids is 2. The van der Waals surface area contributed by atoms with Gasteiger partial charge in [0.05, 0.1) is 24.3 Å². The van der Waals surface area contributed by atoms with E-state index in [4.69, 9.17) is 4.74 Å². The monoisotopic (exact) mass is 354 g/mol. The molecule has 8 heteroatoms. The molecule has 1 aromatic carbocycles. The van der Waals surface area contributed by atoms with E-state index in [0.29, 0.717) is 17.9 Å². The van der Waals surface area contributed by atoms with Gasteiger partial charge in [0.2, 0.25) is 11.8 Å². The van der Waals surface area contributed by atoms with Crippen LogP contribution >= 0.6 is 0 Å². The van der Waals surface area contributed by atoms with Gasteiger partial charge in [-0.3, -0.25) is 9.59 Å². The molecular formula is C16H22N2O5S. The van der Waals surface area contributed by atoms with Gasteiger partial charge >= 0.3 is 0 Å². The maximum Gasteiger partial charge on any atom is 0.226 e. The number of nitrogens with zero attached hydrogens (tertiary/aromatic N) is 1. The predicted molar refractivity (Wildman–Crippen MR) is 90.7 cm³/mol. The molecule has 2 rings (SSSR count). The number of sulfone groups is 1. The van der Waals surface area contributed by atoms with Crippen LogP contribution in [-0.4, -0.2) is 56.3 Å². The zero-order valence-corrected chi connectivity index (χ0v) is 14.6. The standard InChI is InChI=1S/C16H22N2O5S/c1-12(19)18(13-8-10-24(21,22)11-13)9-7-16(20)17-14-5-3-4-6-15(14)23-2/h3-6,13H,7-11H2,1-2H3,(H,17,20). The fourth-order valence-electron chi connectivity index (χ4n) is 2.80. The van der Waals surface area contributed by atoms with Crippen molar-refractivity contribution in [1.29, 1.82) is 0 Å². The highest BCUT2D eigenvalue weighted by atomic mass is 32.2. The van der Waals surface area contributed by atoms with Gasteiger partial charge in [0.25, 0.3) is 0 Å². The summed E-state index contributed by atoms with van der Waals surface area (Å²) in [5.74, 6) is 0.139. The van der Waals surface area contributed by atoms with Gasteiger partial charge in [-0.2, -0.15) is 0 Å². The minimum atomic E-state index is -3.08. The normalized spacial score (nSPS) is 18.8. The fourth-order valence-corrected chi connectivity index (χ4v) is 4.53. The Hall–Kier alpha value is -2.09. The lowest BCUT2D eigenvalue weighted by atomic mass is 10.2. The molecule has 0 bridgehead atoms. The van der Waals surface area contributed by atoms with E-state index in [1.165, 1.54) is 18.9 Å². The molecule has 0 aromatic heterocycles. The number of hydrogen-bond donors (Lipinski definition) is 1. The van der Waals surface area contributed by atoms with Crippen LogP contribution in [0.4, 0.5) is 5.69 Å². The van der Waals surface area contributed by atoms with Crippen LogP contribution in [-0.2, 0) is 19.4 Å². The van der Waals surface area contributed by atoms with Gasteiger partial charge < -0.3 is 15.0 Å². The van der Waals surface area contributed by atoms with Crippen LogP contribution in [0.15, 0.2) is 24.3 Å². The quantitative estimate of drug-likeness (QED) is 0.824. The molecule has 24 heavy (non-hydrogen) atoms. The summed E-state index contributed by atoms with van der Waals surface area (Å²) in [4.78, 5) is 25.4. The molecule has 0 saturated carbocycles. The number of para-hydroxylation sites is 2. The lowest BCUT2D eigenvalue weighted by Gasteiger charge is -2.26. The maximum atomic E-state index is 12.1. The van der Waals surface area contributed by atoms with Crippen LogP contribution in [0.25, 0.3) is 0 Å². The Morgan fingerprint density at radius 3 is 2.62 bits per heavy atom. The first kappa shape index (κ1) is 18.3. The summed E-state index contributed by atoms with van der Waals surface area (Å²) in [6.07, 6.45) is 0.518. The van der Waals surface area contributed by atoms with Crippen molar-refractivity contribution in [2.75, 3.05) is 30.5 Å². The SMILES string of the molecule is COc1ccccc1NC(=O)CCN(C(C)=O)C1CCS(=O)(=O)C1. The Labute approximate surface area is 141 Å². The number of carbonyl (C=O) groups is 2. The lowest BCUT2D eigenvalue weighted by Crippen LogP contribution is -2.41. The van der Waals surface area contributed by atoms with E-state index in [1.54, 1.807) is 24.3 Å². The van der Waals surface area contributed by atoms with Gasteiger partial charge in [-0.15, -0.1) is 0 Å². The van der Waals surface area contributed by atoms with Crippen molar-refractivity contribution in [1.82, 2.24) is 4.90 Å². The molecule has 1 aromatic rings. The highest BCUT2D eigenvalue weighted by molar-refractivity contribution is 7.91. The zero-order chi connectivity index (χ0) is 17.7.